The number of aliphatic hydroxyl groups is 1. The molecule has 0 aromatic heterocycles. The first-order valence-electron chi connectivity index (χ1n) is 5.61. The first-order chi connectivity index (χ1) is 9.04. The highest BCUT2D eigenvalue weighted by atomic mass is 19.4. The van der Waals surface area contributed by atoms with Gasteiger partial charge in [-0.25, -0.2) is 0 Å². The van der Waals surface area contributed by atoms with Crippen molar-refractivity contribution in [2.45, 2.75) is 31.3 Å². The van der Waals surface area contributed by atoms with E-state index in [-0.39, 0.29) is 24.5 Å². The number of alkyl halides is 6. The van der Waals surface area contributed by atoms with E-state index in [1.54, 1.807) is 0 Å². The molecule has 0 saturated carbocycles. The van der Waals surface area contributed by atoms with Gasteiger partial charge in [0, 0.05) is 0 Å². The minimum atomic E-state index is -4.88. The molecule has 0 amide bonds. The van der Waals surface area contributed by atoms with Crippen LogP contribution >= 0.6 is 0 Å². The lowest BCUT2D eigenvalue weighted by molar-refractivity contribution is -0.143. The fourth-order valence-corrected chi connectivity index (χ4v) is 1.68. The molecule has 0 aliphatic carbocycles. The SMILES string of the molecule is C=CCC(O)Cc1cc(C(F)(F)F)cc(C(F)(F)F)c1. The minimum absolute atomic E-state index is 0.0589. The van der Waals surface area contributed by atoms with Crippen LogP contribution in [-0.4, -0.2) is 11.2 Å². The van der Waals surface area contributed by atoms with Gasteiger partial charge in [0.25, 0.3) is 0 Å². The molecule has 0 aliphatic rings. The van der Waals surface area contributed by atoms with Crippen LogP contribution in [0.2, 0.25) is 0 Å². The van der Waals surface area contributed by atoms with E-state index in [9.17, 15) is 31.4 Å². The Kier molecular flexibility index (Phi) is 4.86. The highest BCUT2D eigenvalue weighted by molar-refractivity contribution is 5.34. The molecule has 0 aliphatic heterocycles. The van der Waals surface area contributed by atoms with Crippen molar-refractivity contribution in [2.75, 3.05) is 0 Å². The third-order valence-corrected chi connectivity index (χ3v) is 2.56. The van der Waals surface area contributed by atoms with E-state index in [0.29, 0.717) is 12.1 Å². The highest BCUT2D eigenvalue weighted by Crippen LogP contribution is 2.36. The van der Waals surface area contributed by atoms with Crippen LogP contribution < -0.4 is 0 Å². The molecule has 0 bridgehead atoms. The van der Waals surface area contributed by atoms with Gasteiger partial charge in [0.05, 0.1) is 17.2 Å². The average Bonchev–Trinajstić information content (AvgIpc) is 2.26. The van der Waals surface area contributed by atoms with Crippen molar-refractivity contribution in [1.29, 1.82) is 0 Å². The van der Waals surface area contributed by atoms with Crippen molar-refractivity contribution in [3.63, 3.8) is 0 Å². The third-order valence-electron chi connectivity index (χ3n) is 2.56. The Bertz CT molecular complexity index is 442. The van der Waals surface area contributed by atoms with Crippen molar-refractivity contribution in [1.82, 2.24) is 0 Å². The van der Waals surface area contributed by atoms with Crippen LogP contribution in [0.15, 0.2) is 30.9 Å². The van der Waals surface area contributed by atoms with Gasteiger partial charge >= 0.3 is 12.4 Å². The predicted molar refractivity (Wildman–Crippen MR) is 61.0 cm³/mol. The number of benzene rings is 1. The second-order valence-electron chi connectivity index (χ2n) is 4.30. The Morgan fingerprint density at radius 2 is 1.45 bits per heavy atom. The number of hydrogen-bond donors (Lipinski definition) is 1. The summed E-state index contributed by atoms with van der Waals surface area (Å²) in [5, 5.41) is 9.46. The van der Waals surface area contributed by atoms with Gasteiger partial charge in [0.2, 0.25) is 0 Å². The van der Waals surface area contributed by atoms with Crippen LogP contribution in [0.4, 0.5) is 26.3 Å². The molecule has 20 heavy (non-hydrogen) atoms. The van der Waals surface area contributed by atoms with E-state index in [1.807, 2.05) is 0 Å². The van der Waals surface area contributed by atoms with Crippen molar-refractivity contribution >= 4 is 0 Å². The van der Waals surface area contributed by atoms with Crippen LogP contribution in [0.5, 0.6) is 0 Å². The number of aliphatic hydroxyl groups excluding tert-OH is 1. The van der Waals surface area contributed by atoms with Crippen LogP contribution in [0.1, 0.15) is 23.1 Å². The van der Waals surface area contributed by atoms with Crippen molar-refractivity contribution in [3.8, 4) is 0 Å². The van der Waals surface area contributed by atoms with Gasteiger partial charge in [-0.05, 0) is 36.6 Å². The Balaban J connectivity index is 3.20. The van der Waals surface area contributed by atoms with Crippen LogP contribution in [0.3, 0.4) is 0 Å². The smallest absolute Gasteiger partial charge is 0.392 e. The Hall–Kier alpha value is -1.50. The molecule has 1 rings (SSSR count). The van der Waals surface area contributed by atoms with E-state index in [4.69, 9.17) is 0 Å². The van der Waals surface area contributed by atoms with Gasteiger partial charge in [-0.15, -0.1) is 6.58 Å². The molecule has 0 radical (unpaired) electrons. The van der Waals surface area contributed by atoms with Gasteiger partial charge in [-0.1, -0.05) is 6.08 Å². The van der Waals surface area contributed by atoms with Crippen molar-refractivity contribution < 1.29 is 31.4 Å². The summed E-state index contributed by atoms with van der Waals surface area (Å²) in [5.74, 6) is 0. The topological polar surface area (TPSA) is 20.2 Å². The van der Waals surface area contributed by atoms with Crippen LogP contribution in [0.25, 0.3) is 0 Å². The molecule has 1 atom stereocenters. The molecule has 1 nitrogen and oxygen atoms in total. The summed E-state index contributed by atoms with van der Waals surface area (Å²) in [4.78, 5) is 0. The number of halogens is 6. The van der Waals surface area contributed by atoms with Gasteiger partial charge in [-0.3, -0.25) is 0 Å². The van der Waals surface area contributed by atoms with E-state index in [1.165, 1.54) is 6.08 Å². The highest BCUT2D eigenvalue weighted by Gasteiger charge is 2.36. The maximum absolute atomic E-state index is 12.6. The van der Waals surface area contributed by atoms with E-state index in [2.05, 4.69) is 6.58 Å². The maximum Gasteiger partial charge on any atom is 0.416 e. The molecule has 1 N–H and O–H groups in total. The van der Waals surface area contributed by atoms with Gasteiger partial charge in [-0.2, -0.15) is 26.3 Å². The maximum atomic E-state index is 12.6. The summed E-state index contributed by atoms with van der Waals surface area (Å²) in [6.45, 7) is 3.34. The molecule has 112 valence electrons. The summed E-state index contributed by atoms with van der Waals surface area (Å²) >= 11 is 0. The Morgan fingerprint density at radius 3 is 1.80 bits per heavy atom. The molecule has 1 unspecified atom stereocenters. The lowest BCUT2D eigenvalue weighted by atomic mass is 9.99. The Morgan fingerprint density at radius 1 is 1.00 bits per heavy atom. The molecule has 1 aromatic carbocycles. The average molecular weight is 298 g/mol. The zero-order valence-electron chi connectivity index (χ0n) is 10.2. The first kappa shape index (κ1) is 16.6. The second-order valence-corrected chi connectivity index (χ2v) is 4.30. The largest absolute Gasteiger partial charge is 0.416 e. The third kappa shape index (κ3) is 4.56. The van der Waals surface area contributed by atoms with Gasteiger partial charge in [0.15, 0.2) is 0 Å². The first-order valence-corrected chi connectivity index (χ1v) is 5.61. The quantitative estimate of drug-likeness (QED) is 0.652. The van der Waals surface area contributed by atoms with Crippen molar-refractivity contribution in [3.05, 3.63) is 47.5 Å². The molecule has 0 heterocycles. The zero-order chi connectivity index (χ0) is 15.6. The van der Waals surface area contributed by atoms with E-state index in [0.717, 1.165) is 0 Å². The summed E-state index contributed by atoms with van der Waals surface area (Å²) in [7, 11) is 0. The van der Waals surface area contributed by atoms with Crippen molar-refractivity contribution in [2.24, 2.45) is 0 Å². The monoisotopic (exact) mass is 298 g/mol. The number of rotatable bonds is 4. The fraction of sp³-hybridized carbons (Fsp3) is 0.385. The lowest BCUT2D eigenvalue weighted by Crippen LogP contribution is -2.14. The summed E-state index contributed by atoms with van der Waals surface area (Å²) < 4.78 is 75.5. The van der Waals surface area contributed by atoms with Gasteiger partial charge < -0.3 is 5.11 Å². The normalized spacial score (nSPS) is 14.2. The standard InChI is InChI=1S/C13H12F6O/c1-2-3-11(20)6-8-4-9(12(14,15)16)7-10(5-8)13(17,18)19/h2,4-5,7,11,20H,1,3,6H2. The summed E-state index contributed by atoms with van der Waals surface area (Å²) in [6, 6.07) is 1.28. The van der Waals surface area contributed by atoms with Gasteiger partial charge in [0.1, 0.15) is 0 Å². The number of hydrogen-bond acceptors (Lipinski definition) is 1. The second kappa shape index (κ2) is 5.87. The molecular weight excluding hydrogens is 286 g/mol. The molecule has 0 fully saturated rings. The minimum Gasteiger partial charge on any atom is -0.392 e. The molecule has 1 aromatic rings. The fourth-order valence-electron chi connectivity index (χ4n) is 1.68. The Labute approximate surface area is 111 Å². The molecule has 7 heteroatoms. The van der Waals surface area contributed by atoms with E-state index >= 15 is 0 Å². The van der Waals surface area contributed by atoms with Crippen LogP contribution in [0, 0.1) is 0 Å². The molecule has 0 saturated heterocycles. The zero-order valence-corrected chi connectivity index (χ0v) is 10.2. The van der Waals surface area contributed by atoms with E-state index < -0.39 is 29.6 Å². The summed E-state index contributed by atoms with van der Waals surface area (Å²) in [6.07, 6.45) is -9.71. The molecule has 0 spiro atoms. The van der Waals surface area contributed by atoms with Crippen LogP contribution in [-0.2, 0) is 18.8 Å². The summed E-state index contributed by atoms with van der Waals surface area (Å²) in [5.41, 5.74) is -2.98. The predicted octanol–water partition coefficient (Wildman–Crippen LogP) is 4.20. The molecular formula is C13H12F6O. The lowest BCUT2D eigenvalue weighted by Gasteiger charge is -2.15.